The van der Waals surface area contributed by atoms with Gasteiger partial charge in [-0.1, -0.05) is 13.8 Å². The fourth-order valence-corrected chi connectivity index (χ4v) is 2.33. The van der Waals surface area contributed by atoms with E-state index < -0.39 is 5.97 Å². The van der Waals surface area contributed by atoms with Crippen molar-refractivity contribution < 1.29 is 19.4 Å². The Morgan fingerprint density at radius 2 is 2.15 bits per heavy atom. The lowest BCUT2D eigenvalue weighted by Crippen LogP contribution is -2.47. The highest BCUT2D eigenvalue weighted by Gasteiger charge is 2.23. The van der Waals surface area contributed by atoms with Crippen molar-refractivity contribution in [3.8, 4) is 0 Å². The van der Waals surface area contributed by atoms with E-state index in [1.165, 1.54) is 0 Å². The minimum absolute atomic E-state index is 0.0518. The predicted octanol–water partition coefficient (Wildman–Crippen LogP) is 1.55. The fourth-order valence-electron chi connectivity index (χ4n) is 2.33. The number of carboxylic acid groups (broad SMARTS) is 1. The van der Waals surface area contributed by atoms with Gasteiger partial charge in [0.05, 0.1) is 13.0 Å². The first-order valence-electron chi connectivity index (χ1n) is 7.21. The van der Waals surface area contributed by atoms with Gasteiger partial charge in [0.1, 0.15) is 0 Å². The minimum Gasteiger partial charge on any atom is -0.481 e. The van der Waals surface area contributed by atoms with Crippen molar-refractivity contribution in [3.05, 3.63) is 0 Å². The lowest BCUT2D eigenvalue weighted by atomic mass is 10.0. The Kier molecular flexibility index (Phi) is 6.78. The summed E-state index contributed by atoms with van der Waals surface area (Å²) in [6, 6.07) is -0.555. The number of amides is 2. The molecule has 1 aliphatic rings. The summed E-state index contributed by atoms with van der Waals surface area (Å²) in [5, 5.41) is 11.7. The van der Waals surface area contributed by atoms with E-state index in [1.807, 2.05) is 13.8 Å². The van der Waals surface area contributed by atoms with E-state index in [-0.39, 0.29) is 24.4 Å². The van der Waals surface area contributed by atoms with Crippen LogP contribution in [0.15, 0.2) is 0 Å². The molecule has 1 fully saturated rings. The molecule has 2 atom stereocenters. The number of aliphatic carboxylic acids is 1. The smallest absolute Gasteiger partial charge is 0.317 e. The number of nitrogens with one attached hydrogen (secondary N) is 1. The number of nitrogens with zero attached hydrogens (tertiary/aromatic N) is 1. The Hall–Kier alpha value is -1.30. The van der Waals surface area contributed by atoms with E-state index in [9.17, 15) is 9.59 Å². The lowest BCUT2D eigenvalue weighted by Gasteiger charge is -2.29. The molecule has 2 amide bonds. The molecule has 0 spiro atoms. The molecule has 0 aromatic heterocycles. The molecule has 0 aromatic carbocycles. The molecule has 1 aliphatic heterocycles. The van der Waals surface area contributed by atoms with Gasteiger partial charge in [-0.15, -0.1) is 0 Å². The number of urea groups is 1. The zero-order valence-corrected chi connectivity index (χ0v) is 12.6. The third kappa shape index (κ3) is 5.77. The summed E-state index contributed by atoms with van der Waals surface area (Å²) in [6.07, 6.45) is 2.05. The molecular weight excluding hydrogens is 260 g/mol. The Balaban J connectivity index is 2.43. The molecule has 0 aliphatic carbocycles. The van der Waals surface area contributed by atoms with Crippen LogP contribution in [0.25, 0.3) is 0 Å². The van der Waals surface area contributed by atoms with Crippen molar-refractivity contribution in [1.29, 1.82) is 0 Å². The molecule has 1 saturated heterocycles. The minimum atomic E-state index is -0.896. The van der Waals surface area contributed by atoms with E-state index in [4.69, 9.17) is 9.84 Å². The predicted molar refractivity (Wildman–Crippen MR) is 75.6 cm³/mol. The highest BCUT2D eigenvalue weighted by atomic mass is 16.5. The molecule has 20 heavy (non-hydrogen) atoms. The lowest BCUT2D eigenvalue weighted by molar-refractivity contribution is -0.137. The highest BCUT2D eigenvalue weighted by molar-refractivity contribution is 5.75. The van der Waals surface area contributed by atoms with Crippen LogP contribution in [0.3, 0.4) is 0 Å². The van der Waals surface area contributed by atoms with Gasteiger partial charge < -0.3 is 20.1 Å². The van der Waals surface area contributed by atoms with Gasteiger partial charge in [0.2, 0.25) is 0 Å². The monoisotopic (exact) mass is 286 g/mol. The first kappa shape index (κ1) is 16.8. The quantitative estimate of drug-likeness (QED) is 0.776. The SMILES string of the molecule is CC(C)C(CC(=O)O)NC(=O)N(C)CC1CCCOC1. The van der Waals surface area contributed by atoms with Crippen LogP contribution < -0.4 is 5.32 Å². The van der Waals surface area contributed by atoms with Gasteiger partial charge in [-0.25, -0.2) is 4.79 Å². The molecule has 0 bridgehead atoms. The number of hydrogen-bond donors (Lipinski definition) is 2. The van der Waals surface area contributed by atoms with Crippen molar-refractivity contribution in [2.24, 2.45) is 11.8 Å². The summed E-state index contributed by atoms with van der Waals surface area (Å²) < 4.78 is 5.40. The van der Waals surface area contributed by atoms with Crippen LogP contribution in [0.2, 0.25) is 0 Å². The molecule has 116 valence electrons. The van der Waals surface area contributed by atoms with Gasteiger partial charge >= 0.3 is 12.0 Å². The Morgan fingerprint density at radius 3 is 2.65 bits per heavy atom. The second-order valence-electron chi connectivity index (χ2n) is 5.86. The number of carbonyl (C=O) groups excluding carboxylic acids is 1. The molecular formula is C14H26N2O4. The van der Waals surface area contributed by atoms with Crippen LogP contribution in [0.4, 0.5) is 4.79 Å². The summed E-state index contributed by atoms with van der Waals surface area (Å²) in [7, 11) is 1.74. The van der Waals surface area contributed by atoms with E-state index in [0.29, 0.717) is 19.1 Å². The number of carbonyl (C=O) groups is 2. The molecule has 0 saturated carbocycles. The standard InChI is InChI=1S/C14H26N2O4/c1-10(2)12(7-13(17)18)15-14(19)16(3)8-11-5-4-6-20-9-11/h10-12H,4-9H2,1-3H3,(H,15,19)(H,17,18). The molecule has 1 heterocycles. The average Bonchev–Trinajstić information content (AvgIpc) is 2.38. The number of hydrogen-bond acceptors (Lipinski definition) is 3. The molecule has 2 N–H and O–H groups in total. The molecule has 0 radical (unpaired) electrons. The number of rotatable bonds is 6. The second kappa shape index (κ2) is 8.09. The summed E-state index contributed by atoms with van der Waals surface area (Å²) in [5.74, 6) is -0.440. The summed E-state index contributed by atoms with van der Waals surface area (Å²) in [5.41, 5.74) is 0. The van der Waals surface area contributed by atoms with Crippen molar-refractivity contribution in [2.45, 2.75) is 39.2 Å². The largest absolute Gasteiger partial charge is 0.481 e. The van der Waals surface area contributed by atoms with Crippen LogP contribution in [0.1, 0.15) is 33.1 Å². The zero-order valence-electron chi connectivity index (χ0n) is 12.6. The number of ether oxygens (including phenoxy) is 1. The third-order valence-electron chi connectivity index (χ3n) is 3.64. The van der Waals surface area contributed by atoms with Crippen molar-refractivity contribution in [2.75, 3.05) is 26.8 Å². The van der Waals surface area contributed by atoms with E-state index in [2.05, 4.69) is 5.32 Å². The van der Waals surface area contributed by atoms with Gasteiger partial charge in [-0.3, -0.25) is 4.79 Å². The normalized spacial score (nSPS) is 20.5. The molecule has 2 unspecified atom stereocenters. The highest BCUT2D eigenvalue weighted by Crippen LogP contribution is 2.14. The topological polar surface area (TPSA) is 78.9 Å². The van der Waals surface area contributed by atoms with Crippen LogP contribution in [-0.2, 0) is 9.53 Å². The Bertz CT molecular complexity index is 327. The number of carboxylic acids is 1. The van der Waals surface area contributed by atoms with Crippen molar-refractivity contribution in [1.82, 2.24) is 10.2 Å². The van der Waals surface area contributed by atoms with E-state index in [0.717, 1.165) is 19.4 Å². The molecule has 0 aromatic rings. The molecule has 6 heteroatoms. The van der Waals surface area contributed by atoms with Crippen molar-refractivity contribution >= 4 is 12.0 Å². The van der Waals surface area contributed by atoms with Crippen LogP contribution in [0.5, 0.6) is 0 Å². The first-order chi connectivity index (χ1) is 9.40. The van der Waals surface area contributed by atoms with Gasteiger partial charge in [-0.05, 0) is 18.8 Å². The van der Waals surface area contributed by atoms with Gasteiger partial charge in [0.25, 0.3) is 0 Å². The Morgan fingerprint density at radius 1 is 1.45 bits per heavy atom. The maximum absolute atomic E-state index is 12.1. The van der Waals surface area contributed by atoms with Gasteiger partial charge in [-0.2, -0.15) is 0 Å². The van der Waals surface area contributed by atoms with Crippen LogP contribution >= 0.6 is 0 Å². The average molecular weight is 286 g/mol. The second-order valence-corrected chi connectivity index (χ2v) is 5.86. The summed E-state index contributed by atoms with van der Waals surface area (Å²) >= 11 is 0. The van der Waals surface area contributed by atoms with Gasteiger partial charge in [0.15, 0.2) is 0 Å². The Labute approximate surface area is 120 Å². The van der Waals surface area contributed by atoms with Crippen LogP contribution in [-0.4, -0.2) is 54.9 Å². The fraction of sp³-hybridized carbons (Fsp3) is 0.857. The van der Waals surface area contributed by atoms with Crippen molar-refractivity contribution in [3.63, 3.8) is 0 Å². The first-order valence-corrected chi connectivity index (χ1v) is 7.21. The third-order valence-corrected chi connectivity index (χ3v) is 3.64. The van der Waals surface area contributed by atoms with Crippen LogP contribution in [0, 0.1) is 11.8 Å². The summed E-state index contributed by atoms with van der Waals surface area (Å²) in [6.45, 7) is 5.95. The summed E-state index contributed by atoms with van der Waals surface area (Å²) in [4.78, 5) is 24.5. The van der Waals surface area contributed by atoms with E-state index >= 15 is 0 Å². The van der Waals surface area contributed by atoms with E-state index in [1.54, 1.807) is 11.9 Å². The maximum atomic E-state index is 12.1. The maximum Gasteiger partial charge on any atom is 0.317 e. The zero-order chi connectivity index (χ0) is 15.1. The molecule has 1 rings (SSSR count). The molecule has 6 nitrogen and oxygen atoms in total. The van der Waals surface area contributed by atoms with Gasteiger partial charge in [0, 0.05) is 32.2 Å².